The zero-order valence-electron chi connectivity index (χ0n) is 33.3. The highest BCUT2D eigenvalue weighted by Gasteiger charge is 2.44. The van der Waals surface area contributed by atoms with Crippen molar-refractivity contribution in [3.63, 3.8) is 0 Å². The number of esters is 1. The number of allylic oxidation sites excluding steroid dienone is 4. The standard InChI is InChI=1S/C43H80O9/c1-3-5-7-9-11-13-15-16-17-18-19-20-21-23-25-27-29-31-33-49-35-37(36-50-43-42(48)41(47)40(46)38(34-44)52-43)51-39(45)32-30-28-26-24-22-14-12-10-8-6-4-2/h11,13,16-17,37-38,40-44,46-48H,3-10,12,14-15,18-36H2,1-2H3/b13-11-,17-16-. The lowest BCUT2D eigenvalue weighted by molar-refractivity contribution is -0.305. The average molecular weight is 741 g/mol. The molecule has 1 aliphatic heterocycles. The fourth-order valence-electron chi connectivity index (χ4n) is 6.46. The molecule has 1 heterocycles. The van der Waals surface area contributed by atoms with Gasteiger partial charge in [-0.05, 0) is 44.9 Å². The molecule has 0 bridgehead atoms. The molecule has 52 heavy (non-hydrogen) atoms. The average Bonchev–Trinajstić information content (AvgIpc) is 3.14. The molecule has 9 nitrogen and oxygen atoms in total. The van der Waals surface area contributed by atoms with Gasteiger partial charge in [-0.1, -0.05) is 154 Å². The van der Waals surface area contributed by atoms with Crippen LogP contribution in [0.5, 0.6) is 0 Å². The lowest BCUT2D eigenvalue weighted by Crippen LogP contribution is -2.59. The number of hydrogen-bond acceptors (Lipinski definition) is 9. The molecular weight excluding hydrogens is 660 g/mol. The Labute approximate surface area is 317 Å². The molecule has 0 saturated carbocycles. The third kappa shape index (κ3) is 26.4. The second-order valence-electron chi connectivity index (χ2n) is 14.8. The molecule has 0 aromatic heterocycles. The third-order valence-electron chi connectivity index (χ3n) is 9.87. The summed E-state index contributed by atoms with van der Waals surface area (Å²) in [5, 5.41) is 40.0. The number of rotatable bonds is 36. The smallest absolute Gasteiger partial charge is 0.306 e. The predicted molar refractivity (Wildman–Crippen MR) is 210 cm³/mol. The van der Waals surface area contributed by atoms with Crippen LogP contribution in [0.2, 0.25) is 0 Å². The van der Waals surface area contributed by atoms with Crippen LogP contribution < -0.4 is 0 Å². The Morgan fingerprint density at radius 3 is 1.69 bits per heavy atom. The van der Waals surface area contributed by atoms with E-state index in [9.17, 15) is 25.2 Å². The lowest BCUT2D eigenvalue weighted by Gasteiger charge is -2.39. The largest absolute Gasteiger partial charge is 0.457 e. The van der Waals surface area contributed by atoms with Gasteiger partial charge in [0.05, 0.1) is 19.8 Å². The van der Waals surface area contributed by atoms with Crippen LogP contribution in [0, 0.1) is 0 Å². The second kappa shape index (κ2) is 35.4. The van der Waals surface area contributed by atoms with Crippen molar-refractivity contribution in [2.75, 3.05) is 26.4 Å². The van der Waals surface area contributed by atoms with Crippen LogP contribution in [0.1, 0.15) is 181 Å². The van der Waals surface area contributed by atoms with Crippen molar-refractivity contribution in [1.29, 1.82) is 0 Å². The maximum Gasteiger partial charge on any atom is 0.306 e. The molecule has 6 unspecified atom stereocenters. The molecule has 4 N–H and O–H groups in total. The fourth-order valence-corrected chi connectivity index (χ4v) is 6.46. The van der Waals surface area contributed by atoms with Gasteiger partial charge >= 0.3 is 5.97 Å². The third-order valence-corrected chi connectivity index (χ3v) is 9.87. The van der Waals surface area contributed by atoms with Gasteiger partial charge in [0.25, 0.3) is 0 Å². The SMILES string of the molecule is CCCCC/C=C\C/C=C\CCCCCCCCCCOCC(COC1OC(CO)C(O)C(O)C1O)OC(=O)CCCCCCCCCCCCC. The van der Waals surface area contributed by atoms with E-state index < -0.39 is 43.4 Å². The number of carbonyl (C=O) groups is 1. The topological polar surface area (TPSA) is 135 Å². The highest BCUT2D eigenvalue weighted by atomic mass is 16.7. The van der Waals surface area contributed by atoms with E-state index >= 15 is 0 Å². The van der Waals surface area contributed by atoms with Gasteiger partial charge in [0.2, 0.25) is 0 Å². The molecule has 0 spiro atoms. The van der Waals surface area contributed by atoms with Crippen LogP contribution in [0.25, 0.3) is 0 Å². The Bertz CT molecular complexity index is 848. The van der Waals surface area contributed by atoms with Gasteiger partial charge in [-0.3, -0.25) is 4.79 Å². The van der Waals surface area contributed by atoms with Crippen LogP contribution in [0.3, 0.4) is 0 Å². The number of unbranched alkanes of at least 4 members (excludes halogenated alkanes) is 21. The van der Waals surface area contributed by atoms with E-state index in [4.69, 9.17) is 18.9 Å². The minimum absolute atomic E-state index is 0.112. The number of aliphatic hydroxyl groups is 4. The van der Waals surface area contributed by atoms with E-state index in [1.165, 1.54) is 122 Å². The molecule has 9 heteroatoms. The fraction of sp³-hybridized carbons (Fsp3) is 0.884. The van der Waals surface area contributed by atoms with Crippen LogP contribution in [-0.2, 0) is 23.7 Å². The van der Waals surface area contributed by atoms with E-state index in [1.54, 1.807) is 0 Å². The quantitative estimate of drug-likeness (QED) is 0.0282. The molecule has 1 aliphatic rings. The van der Waals surface area contributed by atoms with E-state index in [2.05, 4.69) is 38.2 Å². The Kier molecular flexibility index (Phi) is 33.1. The Balaban J connectivity index is 2.26. The maximum absolute atomic E-state index is 12.7. The lowest BCUT2D eigenvalue weighted by atomic mass is 9.99. The zero-order chi connectivity index (χ0) is 37.9. The summed E-state index contributed by atoms with van der Waals surface area (Å²) in [5.41, 5.74) is 0. The molecule has 306 valence electrons. The van der Waals surface area contributed by atoms with Crippen molar-refractivity contribution in [2.24, 2.45) is 0 Å². The molecule has 0 aromatic carbocycles. The molecule has 6 atom stereocenters. The molecule has 1 fully saturated rings. The van der Waals surface area contributed by atoms with E-state index in [-0.39, 0.29) is 19.2 Å². The summed E-state index contributed by atoms with van der Waals surface area (Å²) in [4.78, 5) is 12.7. The summed E-state index contributed by atoms with van der Waals surface area (Å²) in [6, 6.07) is 0. The summed E-state index contributed by atoms with van der Waals surface area (Å²) in [7, 11) is 0. The van der Waals surface area contributed by atoms with Crippen molar-refractivity contribution < 1.29 is 44.2 Å². The maximum atomic E-state index is 12.7. The van der Waals surface area contributed by atoms with Crippen LogP contribution in [0.15, 0.2) is 24.3 Å². The molecular formula is C43H80O9. The van der Waals surface area contributed by atoms with Gasteiger partial charge in [0.15, 0.2) is 6.29 Å². The Morgan fingerprint density at radius 1 is 0.615 bits per heavy atom. The number of hydrogen-bond donors (Lipinski definition) is 4. The van der Waals surface area contributed by atoms with Crippen LogP contribution in [-0.4, -0.2) is 89.6 Å². The summed E-state index contributed by atoms with van der Waals surface area (Å²) >= 11 is 0. The summed E-state index contributed by atoms with van der Waals surface area (Å²) in [6.45, 7) is 4.52. The van der Waals surface area contributed by atoms with Crippen molar-refractivity contribution in [1.82, 2.24) is 0 Å². The molecule has 0 radical (unpaired) electrons. The summed E-state index contributed by atoms with van der Waals surface area (Å²) < 4.78 is 22.8. The van der Waals surface area contributed by atoms with E-state index in [0.29, 0.717) is 13.0 Å². The first-order valence-corrected chi connectivity index (χ1v) is 21.4. The van der Waals surface area contributed by atoms with Crippen molar-refractivity contribution in [3.05, 3.63) is 24.3 Å². The van der Waals surface area contributed by atoms with Gasteiger partial charge in [-0.2, -0.15) is 0 Å². The first-order chi connectivity index (χ1) is 25.4. The zero-order valence-corrected chi connectivity index (χ0v) is 33.3. The normalized spacial score (nSPS) is 21.4. The second-order valence-corrected chi connectivity index (χ2v) is 14.8. The molecule has 1 rings (SSSR count). The predicted octanol–water partition coefficient (Wildman–Crippen LogP) is 9.03. The number of carbonyl (C=O) groups excluding carboxylic acids is 1. The minimum Gasteiger partial charge on any atom is -0.457 e. The first-order valence-electron chi connectivity index (χ1n) is 21.4. The number of aliphatic hydroxyl groups excluding tert-OH is 4. The molecule has 0 aromatic rings. The van der Waals surface area contributed by atoms with E-state index in [0.717, 1.165) is 38.5 Å². The van der Waals surface area contributed by atoms with Crippen molar-refractivity contribution in [2.45, 2.75) is 218 Å². The summed E-state index contributed by atoms with van der Waals surface area (Å²) in [6.07, 6.45) is 32.0. The monoisotopic (exact) mass is 741 g/mol. The van der Waals surface area contributed by atoms with Gasteiger partial charge in [0.1, 0.15) is 30.5 Å². The number of ether oxygens (including phenoxy) is 4. The van der Waals surface area contributed by atoms with Gasteiger partial charge in [-0.25, -0.2) is 0 Å². The van der Waals surface area contributed by atoms with Crippen LogP contribution >= 0.6 is 0 Å². The van der Waals surface area contributed by atoms with Crippen molar-refractivity contribution in [3.8, 4) is 0 Å². The highest BCUT2D eigenvalue weighted by Crippen LogP contribution is 2.22. The Morgan fingerprint density at radius 2 is 1.12 bits per heavy atom. The van der Waals surface area contributed by atoms with Crippen molar-refractivity contribution >= 4 is 5.97 Å². The Hall–Kier alpha value is -1.33. The van der Waals surface area contributed by atoms with Gasteiger partial charge in [0, 0.05) is 13.0 Å². The summed E-state index contributed by atoms with van der Waals surface area (Å²) in [5.74, 6) is -0.316. The highest BCUT2D eigenvalue weighted by molar-refractivity contribution is 5.69. The van der Waals surface area contributed by atoms with Gasteiger partial charge < -0.3 is 39.4 Å². The minimum atomic E-state index is -1.53. The van der Waals surface area contributed by atoms with E-state index in [1.807, 2.05) is 0 Å². The van der Waals surface area contributed by atoms with Crippen LogP contribution in [0.4, 0.5) is 0 Å². The molecule has 1 saturated heterocycles. The van der Waals surface area contributed by atoms with Gasteiger partial charge in [-0.15, -0.1) is 0 Å². The first kappa shape index (κ1) is 48.7. The molecule has 0 aliphatic carbocycles. The molecule has 0 amide bonds.